The Morgan fingerprint density at radius 1 is 0.326 bits per heavy atom. The molecule has 750 valence electrons. The Labute approximate surface area is 818 Å². The summed E-state index contributed by atoms with van der Waals surface area (Å²) in [7, 11) is 1.62. The molecule has 0 bridgehead atoms. The molecule has 0 radical (unpaired) electrons. The van der Waals surface area contributed by atoms with E-state index in [1.165, 1.54) is 39.6 Å². The third kappa shape index (κ3) is 55.3. The third-order valence-electron chi connectivity index (χ3n) is 20.3. The number of ether oxygens (including phenoxy) is 4. The Kier molecular flexibility index (Phi) is 61.4. The van der Waals surface area contributed by atoms with Crippen molar-refractivity contribution in [3.63, 3.8) is 0 Å². The number of pyridine rings is 7. The second kappa shape index (κ2) is 67.7. The molecule has 22 heteroatoms. The highest BCUT2D eigenvalue weighted by Gasteiger charge is 2.16. The number of alkyl halides is 2. The van der Waals surface area contributed by atoms with E-state index in [9.17, 15) is 8.78 Å². The van der Waals surface area contributed by atoms with Crippen LogP contribution in [-0.2, 0) is 0 Å². The predicted octanol–water partition coefficient (Wildman–Crippen LogP) is 30.7. The van der Waals surface area contributed by atoms with Gasteiger partial charge in [-0.2, -0.15) is 0 Å². The molecule has 20 nitrogen and oxygen atoms in total. The van der Waals surface area contributed by atoms with E-state index in [0.717, 1.165) is 103 Å². The summed E-state index contributed by atoms with van der Waals surface area (Å²) in [5.41, 5.74) is 11.9. The zero-order chi connectivity index (χ0) is 102. The van der Waals surface area contributed by atoms with Crippen LogP contribution in [-0.4, -0.2) is 127 Å². The van der Waals surface area contributed by atoms with Gasteiger partial charge in [-0.05, 0) is 226 Å². The Balaban J connectivity index is 0.000000751. The molecule has 0 aliphatic heterocycles. The van der Waals surface area contributed by atoms with Crippen LogP contribution in [0, 0.1) is 23.2 Å². The predicted molar refractivity (Wildman–Crippen MR) is 571 cm³/mol. The van der Waals surface area contributed by atoms with Crippen molar-refractivity contribution in [3.05, 3.63) is 239 Å². The second-order valence-electron chi connectivity index (χ2n) is 39.7. The Morgan fingerprint density at radius 3 is 1.10 bits per heavy atom. The van der Waals surface area contributed by atoms with Crippen LogP contribution < -0.4 is 44.7 Å². The van der Waals surface area contributed by atoms with Crippen molar-refractivity contribution in [2.24, 2.45) is 23.2 Å². The maximum absolute atomic E-state index is 12.2. The molecule has 1 aromatic carbocycles. The number of rotatable bonds is 34. The Bertz CT molecular complexity index is 4600. The maximum Gasteiger partial charge on any atom is 0.263 e. The average Bonchev–Trinajstić information content (AvgIpc) is 0.877. The van der Waals surface area contributed by atoms with Gasteiger partial charge in [-0.25, -0.2) is 53.6 Å². The van der Waals surface area contributed by atoms with Crippen molar-refractivity contribution >= 4 is 29.1 Å². The molecule has 0 aliphatic rings. The van der Waals surface area contributed by atoms with Crippen molar-refractivity contribution in [3.8, 4) is 23.5 Å². The van der Waals surface area contributed by atoms with Crippen LogP contribution in [0.3, 0.4) is 0 Å². The largest absolute Gasteiger partial charge is 0.481 e. The summed E-state index contributed by atoms with van der Waals surface area (Å²) in [4.78, 5) is 52.2. The molecule has 0 saturated carbocycles. The molecular weight excluding hydrogens is 1680 g/mol. The smallest absolute Gasteiger partial charge is 0.263 e. The summed E-state index contributed by atoms with van der Waals surface area (Å²) >= 11 is 0. The van der Waals surface area contributed by atoms with E-state index in [1.807, 2.05) is 87.3 Å². The number of hydrogen-bond donors (Lipinski definition) is 3. The van der Waals surface area contributed by atoms with Crippen LogP contribution in [0.2, 0.25) is 0 Å². The summed E-state index contributed by atoms with van der Waals surface area (Å²) in [6.07, 6.45) is 15.2. The molecule has 0 aliphatic carbocycles. The van der Waals surface area contributed by atoms with Crippen LogP contribution in [0.5, 0.6) is 23.5 Å². The molecule has 0 fully saturated rings. The van der Waals surface area contributed by atoms with Crippen molar-refractivity contribution in [2.45, 2.75) is 340 Å². The van der Waals surface area contributed by atoms with Crippen LogP contribution >= 0.6 is 0 Å². The Morgan fingerprint density at radius 2 is 0.726 bits per heavy atom. The van der Waals surface area contributed by atoms with Gasteiger partial charge < -0.3 is 44.7 Å². The van der Waals surface area contributed by atoms with Crippen molar-refractivity contribution in [1.82, 2.24) is 54.8 Å². The van der Waals surface area contributed by atoms with E-state index < -0.39 is 6.43 Å². The number of aromatic nitrogens is 11. The summed E-state index contributed by atoms with van der Waals surface area (Å²) in [5.74, 6) is 14.4. The van der Waals surface area contributed by atoms with Gasteiger partial charge in [-0.3, -0.25) is 9.97 Å². The fourth-order valence-corrected chi connectivity index (χ4v) is 11.5. The van der Waals surface area contributed by atoms with Gasteiger partial charge in [0.2, 0.25) is 23.5 Å². The summed E-state index contributed by atoms with van der Waals surface area (Å²) in [6, 6.07) is 40.4. The molecule has 0 atom stereocenters. The molecule has 0 unspecified atom stereocenters. The van der Waals surface area contributed by atoms with Gasteiger partial charge >= 0.3 is 0 Å². The van der Waals surface area contributed by atoms with Gasteiger partial charge in [0.1, 0.15) is 29.1 Å². The molecule has 0 amide bonds. The van der Waals surface area contributed by atoms with Gasteiger partial charge in [-0.15, -0.1) is 0 Å². The minimum Gasteiger partial charge on any atom is -0.481 e. The summed E-state index contributed by atoms with van der Waals surface area (Å²) < 4.78 is 46.0. The van der Waals surface area contributed by atoms with Crippen LogP contribution in [0.25, 0.3) is 0 Å². The molecule has 135 heavy (non-hydrogen) atoms. The SMILES string of the molecule is CC(C)CCOc1ccc(C(C)C)cn1.CC(C)CNc1ccc(C(C)C)cn1.CC(C)COc1cncc(C(C)C)n1.CC(C)Nc1ccc(C(C)C)cn1.CC(C)Nc1cccc(C(C)C)n1.CC(C)c1cccc(C(F)F)c1.CC(C)c1cncc(OCC(C)(C)C)n1.CCN(CC)c1ccc(C(C)C)cn1.CCN(CC)c1cccc(C(C)C)n1.COc1ccc(C(C)C)cn1. The molecule has 0 spiro atoms. The van der Waals surface area contributed by atoms with E-state index in [4.69, 9.17) is 18.9 Å². The molecule has 10 rings (SSSR count). The van der Waals surface area contributed by atoms with E-state index in [-0.39, 0.29) is 11.0 Å². The first-order valence-corrected chi connectivity index (χ1v) is 49.5. The van der Waals surface area contributed by atoms with Gasteiger partial charge in [0.05, 0.1) is 50.7 Å². The number of benzene rings is 1. The van der Waals surface area contributed by atoms with Gasteiger partial charge in [0.25, 0.3) is 6.43 Å². The fraction of sp³-hybridized carbons (Fsp3) is 0.566. The highest BCUT2D eigenvalue weighted by Crippen LogP contribution is 2.27. The zero-order valence-electron chi connectivity index (χ0n) is 90.5. The van der Waals surface area contributed by atoms with Gasteiger partial charge in [0, 0.05) is 117 Å². The topological polar surface area (TPSA) is 221 Å². The van der Waals surface area contributed by atoms with Crippen molar-refractivity contribution in [1.29, 1.82) is 0 Å². The highest BCUT2D eigenvalue weighted by molar-refractivity contribution is 5.42. The lowest BCUT2D eigenvalue weighted by atomic mass is 9.99. The minimum atomic E-state index is -2.36. The van der Waals surface area contributed by atoms with E-state index >= 15 is 0 Å². The van der Waals surface area contributed by atoms with E-state index in [0.29, 0.717) is 120 Å². The first-order valence-electron chi connectivity index (χ1n) is 49.5. The lowest BCUT2D eigenvalue weighted by Crippen LogP contribution is -2.23. The molecular formula is C113H180F2N16O4. The molecule has 3 N–H and O–H groups in total. The van der Waals surface area contributed by atoms with Crippen molar-refractivity contribution in [2.75, 3.05) is 85.4 Å². The third-order valence-corrected chi connectivity index (χ3v) is 20.3. The van der Waals surface area contributed by atoms with Gasteiger partial charge in [-0.1, -0.05) is 261 Å². The number of anilines is 5. The van der Waals surface area contributed by atoms with Crippen LogP contribution in [0.15, 0.2) is 177 Å². The fourth-order valence-electron chi connectivity index (χ4n) is 11.5. The molecule has 9 heterocycles. The van der Waals surface area contributed by atoms with E-state index in [2.05, 4.69) is 384 Å². The quantitative estimate of drug-likeness (QED) is 0.0341. The average molecular weight is 1860 g/mol. The highest BCUT2D eigenvalue weighted by atomic mass is 19.3. The molecule has 9 aromatic heterocycles. The lowest BCUT2D eigenvalue weighted by molar-refractivity contribution is 0.151. The number of halogens is 2. The number of hydrogen-bond acceptors (Lipinski definition) is 20. The van der Waals surface area contributed by atoms with E-state index in [1.54, 1.807) is 44.0 Å². The zero-order valence-corrected chi connectivity index (χ0v) is 90.5. The normalized spacial score (nSPS) is 11.0. The molecule has 10 aromatic rings. The molecule has 0 saturated heterocycles. The first-order chi connectivity index (χ1) is 63.6. The Hall–Kier alpha value is -10.5. The number of methoxy groups -OCH3 is 1. The van der Waals surface area contributed by atoms with Crippen LogP contribution in [0.4, 0.5) is 37.9 Å². The van der Waals surface area contributed by atoms with Crippen molar-refractivity contribution < 1.29 is 27.7 Å². The summed E-state index contributed by atoms with van der Waals surface area (Å²) in [6.45, 7) is 86.3. The first kappa shape index (κ1) is 122. The minimum absolute atomic E-state index is 0.112. The monoisotopic (exact) mass is 1860 g/mol. The van der Waals surface area contributed by atoms with Gasteiger partial charge in [0.15, 0.2) is 0 Å². The lowest BCUT2D eigenvalue weighted by Gasteiger charge is -2.20. The number of nitrogens with one attached hydrogen (secondary N) is 3. The number of nitrogens with zero attached hydrogens (tertiary/aromatic N) is 13. The summed E-state index contributed by atoms with van der Waals surface area (Å²) in [5, 5.41) is 9.85. The maximum atomic E-state index is 12.2. The standard InChI is InChI=1S/C13H21NO.C12H20N2O.3C12H20N2.C11H18N2O.2C11H18N2.C10H12F2.C9H13NO/c1-10(2)7-8-15-13-6-5-12(9-14-13)11(3)4;1-9(2)10-6-13-7-11(14-10)15-8-12(3,4)5;1-9(2)7-13-12-6-5-11(8-14-12)10(3)4;1-5-14(6-2)12-8-7-11(9-13-12)10(3)4;1-5-14(6-2)12-9-7-8-11(13-12)10(3)4;1-8(2)7-14-11-6-12-5-10(13-11)9(3)4;1-8(2)10-5-6-11(12-7-10)13-9(3)4;1-8(2)10-6-5-7-11(13-10)12-9(3)4;1-7(2)8-4-3-5-9(6-8)10(11)12;1-7(2)8-4-5-9(11-3)10-6-8/h5-6,9-11H,7-8H2,1-4H3;6-7,9H,8H2,1-5H3;5-6,8-10H,7H2,1-4H3,(H,13,14);2*7-10H,5-6H2,1-4H3;5-6,8-9H,7H2,1-4H3;2*5-9H,1-4H3,(H,12,13);3-7,10H,1-2H3;4-7H,1-3H3. The van der Waals surface area contributed by atoms with Crippen LogP contribution in [0.1, 0.15) is 390 Å². The second-order valence-corrected chi connectivity index (χ2v) is 39.7.